The van der Waals surface area contributed by atoms with E-state index in [1.807, 2.05) is 45.3 Å². The molecule has 1 heterocycles. The monoisotopic (exact) mass is 238 g/mol. The number of aryl methyl sites for hydroxylation is 1. The van der Waals surface area contributed by atoms with Crippen molar-refractivity contribution in [1.29, 1.82) is 5.26 Å². The molecule has 0 saturated carbocycles. The van der Waals surface area contributed by atoms with Crippen LogP contribution in [-0.2, 0) is 0 Å². The van der Waals surface area contributed by atoms with Gasteiger partial charge >= 0.3 is 0 Å². The Morgan fingerprint density at radius 3 is 2.33 bits per heavy atom. The van der Waals surface area contributed by atoms with Crippen molar-refractivity contribution in [3.8, 4) is 17.3 Å². The summed E-state index contributed by atoms with van der Waals surface area (Å²) in [5, 5.41) is 9.00. The number of benzene rings is 1. The van der Waals surface area contributed by atoms with E-state index in [1.165, 1.54) is 5.56 Å². The fraction of sp³-hybridized carbons (Fsp3) is 0.214. The molecule has 0 aliphatic carbocycles. The third kappa shape index (κ3) is 2.46. The average Bonchev–Trinajstić information content (AvgIpc) is 2.39. The van der Waals surface area contributed by atoms with E-state index in [2.05, 4.69) is 16.0 Å². The Bertz CT molecular complexity index is 594. The maximum absolute atomic E-state index is 9.00. The molecule has 2 rings (SSSR count). The summed E-state index contributed by atoms with van der Waals surface area (Å²) < 4.78 is 0. The summed E-state index contributed by atoms with van der Waals surface area (Å²) in [6, 6.07) is 11.8. The number of nitrogens with zero attached hydrogens (tertiary/aromatic N) is 4. The van der Waals surface area contributed by atoms with Crippen molar-refractivity contribution >= 4 is 5.95 Å². The van der Waals surface area contributed by atoms with Gasteiger partial charge in [-0.15, -0.1) is 0 Å². The molecule has 2 aromatic rings. The lowest BCUT2D eigenvalue weighted by Gasteiger charge is -2.11. The van der Waals surface area contributed by atoms with Gasteiger partial charge in [0.15, 0.2) is 0 Å². The largest absolute Gasteiger partial charge is 0.347 e. The number of anilines is 1. The summed E-state index contributed by atoms with van der Waals surface area (Å²) >= 11 is 0. The molecule has 0 fully saturated rings. The van der Waals surface area contributed by atoms with E-state index in [0.717, 1.165) is 11.3 Å². The zero-order valence-electron chi connectivity index (χ0n) is 10.7. The Morgan fingerprint density at radius 2 is 1.78 bits per heavy atom. The van der Waals surface area contributed by atoms with Gasteiger partial charge in [0, 0.05) is 25.7 Å². The third-order valence-electron chi connectivity index (χ3n) is 2.58. The minimum Gasteiger partial charge on any atom is -0.347 e. The molecule has 18 heavy (non-hydrogen) atoms. The molecule has 0 spiro atoms. The van der Waals surface area contributed by atoms with Crippen molar-refractivity contribution in [1.82, 2.24) is 9.97 Å². The van der Waals surface area contributed by atoms with Crippen LogP contribution in [0.25, 0.3) is 11.3 Å². The van der Waals surface area contributed by atoms with Crippen LogP contribution in [0.3, 0.4) is 0 Å². The minimum absolute atomic E-state index is 0.379. The maximum Gasteiger partial charge on any atom is 0.226 e. The molecule has 0 bridgehead atoms. The Kier molecular flexibility index (Phi) is 3.24. The van der Waals surface area contributed by atoms with Crippen LogP contribution in [-0.4, -0.2) is 24.1 Å². The van der Waals surface area contributed by atoms with Crippen molar-refractivity contribution < 1.29 is 0 Å². The van der Waals surface area contributed by atoms with E-state index >= 15 is 0 Å². The Balaban J connectivity index is 2.53. The molecule has 1 aromatic carbocycles. The second-order valence-electron chi connectivity index (χ2n) is 4.31. The summed E-state index contributed by atoms with van der Waals surface area (Å²) in [7, 11) is 3.71. The van der Waals surface area contributed by atoms with Gasteiger partial charge in [0.25, 0.3) is 0 Å². The molecule has 0 aliphatic heterocycles. The van der Waals surface area contributed by atoms with E-state index in [0.29, 0.717) is 11.6 Å². The van der Waals surface area contributed by atoms with Crippen LogP contribution < -0.4 is 4.90 Å². The highest BCUT2D eigenvalue weighted by Crippen LogP contribution is 2.20. The summed E-state index contributed by atoms with van der Waals surface area (Å²) in [4.78, 5) is 10.4. The van der Waals surface area contributed by atoms with E-state index in [1.54, 1.807) is 11.0 Å². The van der Waals surface area contributed by atoms with E-state index in [4.69, 9.17) is 5.26 Å². The number of aromatic nitrogens is 2. The highest BCUT2D eigenvalue weighted by atomic mass is 15.2. The maximum atomic E-state index is 9.00. The zero-order valence-corrected chi connectivity index (χ0v) is 10.7. The zero-order chi connectivity index (χ0) is 13.1. The first kappa shape index (κ1) is 12.1. The van der Waals surface area contributed by atoms with Crippen LogP contribution in [0.4, 0.5) is 5.95 Å². The molecule has 4 nitrogen and oxygen atoms in total. The molecule has 0 saturated heterocycles. The second-order valence-corrected chi connectivity index (χ2v) is 4.31. The van der Waals surface area contributed by atoms with Crippen LogP contribution in [0.1, 0.15) is 11.3 Å². The van der Waals surface area contributed by atoms with Gasteiger partial charge in [-0.3, -0.25) is 0 Å². The van der Waals surface area contributed by atoms with Crippen molar-refractivity contribution in [2.24, 2.45) is 0 Å². The standard InChI is InChI=1S/C14H14N4/c1-10-4-6-11(7-5-10)13-8-12(9-15)16-14(17-13)18(2)3/h4-8H,1-3H3. The van der Waals surface area contributed by atoms with E-state index in [9.17, 15) is 0 Å². The molecular weight excluding hydrogens is 224 g/mol. The SMILES string of the molecule is Cc1ccc(-c2cc(C#N)nc(N(C)C)n2)cc1. The topological polar surface area (TPSA) is 52.8 Å². The molecule has 4 heteroatoms. The van der Waals surface area contributed by atoms with E-state index in [-0.39, 0.29) is 0 Å². The highest BCUT2D eigenvalue weighted by molar-refractivity contribution is 5.62. The lowest BCUT2D eigenvalue weighted by atomic mass is 10.1. The summed E-state index contributed by atoms with van der Waals surface area (Å²) in [6.45, 7) is 2.04. The van der Waals surface area contributed by atoms with E-state index < -0.39 is 0 Å². The van der Waals surface area contributed by atoms with Crippen molar-refractivity contribution in [3.05, 3.63) is 41.6 Å². The normalized spacial score (nSPS) is 9.89. The van der Waals surface area contributed by atoms with Gasteiger partial charge in [-0.05, 0) is 6.92 Å². The number of nitriles is 1. The third-order valence-corrected chi connectivity index (χ3v) is 2.58. The first-order valence-corrected chi connectivity index (χ1v) is 5.63. The minimum atomic E-state index is 0.379. The molecule has 1 aromatic heterocycles. The summed E-state index contributed by atoms with van der Waals surface area (Å²) in [5.41, 5.74) is 3.33. The fourth-order valence-corrected chi connectivity index (χ4v) is 1.56. The van der Waals surface area contributed by atoms with Crippen LogP contribution in [0, 0.1) is 18.3 Å². The summed E-state index contributed by atoms with van der Waals surface area (Å²) in [5.74, 6) is 0.546. The molecule has 0 aliphatic rings. The van der Waals surface area contributed by atoms with Gasteiger partial charge in [0.05, 0.1) is 5.69 Å². The van der Waals surface area contributed by atoms with Crippen LogP contribution in [0.15, 0.2) is 30.3 Å². The molecule has 0 radical (unpaired) electrons. The van der Waals surface area contributed by atoms with Gasteiger partial charge in [-0.1, -0.05) is 29.8 Å². The van der Waals surface area contributed by atoms with Gasteiger partial charge in [-0.2, -0.15) is 5.26 Å². The first-order chi connectivity index (χ1) is 8.60. The number of hydrogen-bond acceptors (Lipinski definition) is 4. The summed E-state index contributed by atoms with van der Waals surface area (Å²) in [6.07, 6.45) is 0. The molecule has 90 valence electrons. The molecular formula is C14H14N4. The number of rotatable bonds is 2. The average molecular weight is 238 g/mol. The predicted octanol–water partition coefficient (Wildman–Crippen LogP) is 2.39. The quantitative estimate of drug-likeness (QED) is 0.806. The smallest absolute Gasteiger partial charge is 0.226 e. The Hall–Kier alpha value is -2.41. The molecule has 0 amide bonds. The van der Waals surface area contributed by atoms with Crippen molar-refractivity contribution in [2.75, 3.05) is 19.0 Å². The van der Waals surface area contributed by atoms with Gasteiger partial charge < -0.3 is 4.90 Å². The van der Waals surface area contributed by atoms with Crippen LogP contribution in [0.5, 0.6) is 0 Å². The molecule has 0 N–H and O–H groups in total. The fourth-order valence-electron chi connectivity index (χ4n) is 1.56. The lowest BCUT2D eigenvalue weighted by molar-refractivity contribution is 0.993. The van der Waals surface area contributed by atoms with Crippen LogP contribution in [0.2, 0.25) is 0 Å². The van der Waals surface area contributed by atoms with Crippen molar-refractivity contribution in [2.45, 2.75) is 6.92 Å². The van der Waals surface area contributed by atoms with Crippen LogP contribution >= 0.6 is 0 Å². The molecule has 0 unspecified atom stereocenters. The van der Waals surface area contributed by atoms with Gasteiger partial charge in [0.2, 0.25) is 5.95 Å². The molecule has 0 atom stereocenters. The predicted molar refractivity (Wildman–Crippen MR) is 71.2 cm³/mol. The lowest BCUT2D eigenvalue weighted by Crippen LogP contribution is -2.13. The van der Waals surface area contributed by atoms with Gasteiger partial charge in [-0.25, -0.2) is 9.97 Å². The van der Waals surface area contributed by atoms with Gasteiger partial charge in [0.1, 0.15) is 11.8 Å². The number of hydrogen-bond donors (Lipinski definition) is 0. The second kappa shape index (κ2) is 4.84. The Labute approximate surface area is 107 Å². The Morgan fingerprint density at radius 1 is 1.11 bits per heavy atom. The highest BCUT2D eigenvalue weighted by Gasteiger charge is 2.07. The van der Waals surface area contributed by atoms with Crippen molar-refractivity contribution in [3.63, 3.8) is 0 Å². The first-order valence-electron chi connectivity index (χ1n) is 5.63.